The summed E-state index contributed by atoms with van der Waals surface area (Å²) in [5, 5.41) is 20.2. The van der Waals surface area contributed by atoms with Crippen LogP contribution in [0.1, 0.15) is 46.4 Å². The zero-order chi connectivity index (χ0) is 22.5. The van der Waals surface area contributed by atoms with Crippen molar-refractivity contribution in [1.29, 1.82) is 0 Å². The van der Waals surface area contributed by atoms with E-state index in [4.69, 9.17) is 15.9 Å². The van der Waals surface area contributed by atoms with Gasteiger partial charge in [0.15, 0.2) is 0 Å². The molecule has 0 fully saturated rings. The maximum absolute atomic E-state index is 12.3. The number of carboxylic acid groups (broad SMARTS) is 2. The van der Waals surface area contributed by atoms with Crippen molar-refractivity contribution in [2.45, 2.75) is 38.1 Å². The van der Waals surface area contributed by atoms with Gasteiger partial charge in [0.05, 0.1) is 11.3 Å². The number of H-pyrrole nitrogens is 1. The van der Waals surface area contributed by atoms with E-state index in [1.807, 2.05) is 6.08 Å². The van der Waals surface area contributed by atoms with Gasteiger partial charge in [-0.05, 0) is 42.5 Å². The number of carbonyl (C=O) groups excluding carboxylic acids is 1. The second-order valence-electron chi connectivity index (χ2n) is 7.20. The molecule has 0 aliphatic heterocycles. The number of aromatic nitrogens is 2. The molecule has 0 unspecified atom stereocenters. The normalized spacial score (nSPS) is 13.2. The highest BCUT2D eigenvalue weighted by molar-refractivity contribution is 5.96. The Morgan fingerprint density at radius 1 is 1.16 bits per heavy atom. The molecule has 2 aromatic rings. The van der Waals surface area contributed by atoms with E-state index < -0.39 is 23.9 Å². The van der Waals surface area contributed by atoms with Crippen LogP contribution in [-0.4, -0.2) is 44.1 Å². The van der Waals surface area contributed by atoms with Crippen molar-refractivity contribution >= 4 is 29.4 Å². The van der Waals surface area contributed by atoms with E-state index in [1.165, 1.54) is 0 Å². The average Bonchev–Trinajstić information content (AvgIpc) is 3.12. The summed E-state index contributed by atoms with van der Waals surface area (Å²) in [6.45, 7) is 0. The first kappa shape index (κ1) is 21.8. The Morgan fingerprint density at radius 2 is 1.87 bits per heavy atom. The topological polar surface area (TPSA) is 175 Å². The molecule has 3 rings (SSSR count). The van der Waals surface area contributed by atoms with Crippen molar-refractivity contribution in [3.8, 4) is 0 Å². The number of hydrogen-bond acceptors (Lipinski definition) is 6. The van der Waals surface area contributed by atoms with Crippen LogP contribution in [0.25, 0.3) is 5.57 Å². The van der Waals surface area contributed by atoms with Crippen molar-refractivity contribution in [3.05, 3.63) is 63.1 Å². The lowest BCUT2D eigenvalue weighted by Crippen LogP contribution is -2.41. The fourth-order valence-corrected chi connectivity index (χ4v) is 3.44. The summed E-state index contributed by atoms with van der Waals surface area (Å²) in [6.07, 6.45) is 3.20. The van der Waals surface area contributed by atoms with Crippen molar-refractivity contribution < 1.29 is 24.6 Å². The third-order valence-corrected chi connectivity index (χ3v) is 5.03. The molecule has 1 atom stereocenters. The summed E-state index contributed by atoms with van der Waals surface area (Å²) < 4.78 is 0. The second-order valence-corrected chi connectivity index (χ2v) is 7.20. The lowest BCUT2D eigenvalue weighted by atomic mass is 10.0. The zero-order valence-corrected chi connectivity index (χ0v) is 16.6. The van der Waals surface area contributed by atoms with Crippen LogP contribution in [0.2, 0.25) is 0 Å². The standard InChI is InChI=1S/C21H22N4O6/c22-21-24-14-8-7-12(17(14)19(29)25-21)4-1-11-2-5-13(6-3-11)18(28)23-15(20(30)31)9-10-16(26)27/h2-3,5-7,15H,1,4,8-10H2,(H,23,28)(H,26,27)(H,30,31)(H3,22,24,25,29)/t15-/m0/s1. The molecule has 1 aromatic carbocycles. The Kier molecular flexibility index (Phi) is 6.49. The predicted molar refractivity (Wildman–Crippen MR) is 111 cm³/mol. The van der Waals surface area contributed by atoms with E-state index in [-0.39, 0.29) is 29.9 Å². The first-order valence-corrected chi connectivity index (χ1v) is 9.67. The monoisotopic (exact) mass is 426 g/mol. The molecule has 6 N–H and O–H groups in total. The number of nitrogens with two attached hydrogens (primary N) is 1. The van der Waals surface area contributed by atoms with Gasteiger partial charge in [-0.3, -0.25) is 19.4 Å². The molecule has 0 bridgehead atoms. The van der Waals surface area contributed by atoms with Gasteiger partial charge in [-0.1, -0.05) is 18.2 Å². The average molecular weight is 426 g/mol. The van der Waals surface area contributed by atoms with Crippen LogP contribution >= 0.6 is 0 Å². The van der Waals surface area contributed by atoms with Crippen molar-refractivity contribution in [1.82, 2.24) is 15.3 Å². The quantitative estimate of drug-likeness (QED) is 0.394. The maximum Gasteiger partial charge on any atom is 0.326 e. The minimum absolute atomic E-state index is 0.0976. The number of nitrogens with one attached hydrogen (secondary N) is 2. The molecule has 162 valence electrons. The number of aryl methyl sites for hydroxylation is 1. The lowest BCUT2D eigenvalue weighted by molar-refractivity contribution is -0.140. The van der Waals surface area contributed by atoms with Gasteiger partial charge in [-0.25, -0.2) is 9.78 Å². The Labute approximate surface area is 176 Å². The molecule has 0 saturated heterocycles. The molecule has 1 amide bonds. The number of allylic oxidation sites excluding steroid dienone is 2. The number of aromatic amines is 1. The number of nitrogen functional groups attached to an aromatic ring is 1. The summed E-state index contributed by atoms with van der Waals surface area (Å²) in [5.74, 6) is -2.92. The SMILES string of the molecule is Nc1nc2c(c(=O)[nH]1)C(CCc1ccc(C(=O)N[C@@H](CCC(=O)O)C(=O)O)cc1)=CC2. The minimum Gasteiger partial charge on any atom is -0.481 e. The molecule has 10 nitrogen and oxygen atoms in total. The van der Waals surface area contributed by atoms with Crippen LogP contribution in [0, 0.1) is 0 Å². The van der Waals surface area contributed by atoms with Crippen LogP contribution in [-0.2, 0) is 22.4 Å². The van der Waals surface area contributed by atoms with Crippen LogP contribution in [0.5, 0.6) is 0 Å². The minimum atomic E-state index is -1.29. The van der Waals surface area contributed by atoms with Crippen LogP contribution in [0.4, 0.5) is 5.95 Å². The molecule has 0 saturated carbocycles. The summed E-state index contributed by atoms with van der Waals surface area (Å²) in [6, 6.07) is 5.38. The fraction of sp³-hybridized carbons (Fsp3) is 0.286. The Hall–Kier alpha value is -3.95. The van der Waals surface area contributed by atoms with E-state index in [1.54, 1.807) is 24.3 Å². The third kappa shape index (κ3) is 5.35. The van der Waals surface area contributed by atoms with Gasteiger partial charge >= 0.3 is 11.9 Å². The Bertz CT molecular complexity index is 1100. The highest BCUT2D eigenvalue weighted by atomic mass is 16.4. The number of nitrogens with zero attached hydrogens (tertiary/aromatic N) is 1. The molecule has 31 heavy (non-hydrogen) atoms. The fourth-order valence-electron chi connectivity index (χ4n) is 3.44. The molecular weight excluding hydrogens is 404 g/mol. The highest BCUT2D eigenvalue weighted by Crippen LogP contribution is 2.27. The predicted octanol–water partition coefficient (Wildman–Crippen LogP) is 0.972. The van der Waals surface area contributed by atoms with Crippen molar-refractivity contribution in [2.24, 2.45) is 0 Å². The molecular formula is C21H22N4O6. The van der Waals surface area contributed by atoms with Crippen molar-refractivity contribution in [2.75, 3.05) is 5.73 Å². The first-order valence-electron chi connectivity index (χ1n) is 9.67. The van der Waals surface area contributed by atoms with Gasteiger partial charge in [0.1, 0.15) is 6.04 Å². The van der Waals surface area contributed by atoms with Crippen molar-refractivity contribution in [3.63, 3.8) is 0 Å². The van der Waals surface area contributed by atoms with Gasteiger partial charge in [-0.15, -0.1) is 0 Å². The number of rotatable bonds is 9. The van der Waals surface area contributed by atoms with E-state index in [9.17, 15) is 19.2 Å². The van der Waals surface area contributed by atoms with Gasteiger partial charge in [0.25, 0.3) is 11.5 Å². The number of amides is 1. The Morgan fingerprint density at radius 3 is 2.52 bits per heavy atom. The summed E-state index contributed by atoms with van der Waals surface area (Å²) in [5.41, 5.74) is 8.65. The molecule has 1 heterocycles. The largest absolute Gasteiger partial charge is 0.481 e. The van der Waals surface area contributed by atoms with Gasteiger partial charge in [0, 0.05) is 18.4 Å². The summed E-state index contributed by atoms with van der Waals surface area (Å²) >= 11 is 0. The van der Waals surface area contributed by atoms with E-state index in [0.717, 1.165) is 11.1 Å². The number of benzene rings is 1. The molecule has 0 spiro atoms. The number of aliphatic carboxylic acids is 2. The molecule has 10 heteroatoms. The lowest BCUT2D eigenvalue weighted by Gasteiger charge is -2.13. The Balaban J connectivity index is 1.60. The first-order chi connectivity index (χ1) is 14.7. The molecule has 1 aromatic heterocycles. The second kappa shape index (κ2) is 9.24. The number of carbonyl (C=O) groups is 3. The molecule has 0 radical (unpaired) electrons. The van der Waals surface area contributed by atoms with E-state index in [0.29, 0.717) is 30.5 Å². The van der Waals surface area contributed by atoms with Gasteiger partial charge < -0.3 is 21.3 Å². The van der Waals surface area contributed by atoms with Gasteiger partial charge in [-0.2, -0.15) is 0 Å². The number of carboxylic acids is 2. The zero-order valence-electron chi connectivity index (χ0n) is 16.6. The van der Waals surface area contributed by atoms with Crippen LogP contribution in [0.3, 0.4) is 0 Å². The van der Waals surface area contributed by atoms with Crippen LogP contribution in [0.15, 0.2) is 35.1 Å². The number of hydrogen-bond donors (Lipinski definition) is 5. The summed E-state index contributed by atoms with van der Waals surface area (Å²) in [4.78, 5) is 53.0. The van der Waals surface area contributed by atoms with Gasteiger partial charge in [0.2, 0.25) is 5.95 Å². The maximum atomic E-state index is 12.3. The number of anilines is 1. The molecule has 1 aliphatic rings. The van der Waals surface area contributed by atoms with E-state index >= 15 is 0 Å². The van der Waals surface area contributed by atoms with E-state index in [2.05, 4.69) is 15.3 Å². The smallest absolute Gasteiger partial charge is 0.326 e. The number of fused-ring (bicyclic) bond motifs is 1. The van der Waals surface area contributed by atoms with Crippen LogP contribution < -0.4 is 16.6 Å². The molecule has 1 aliphatic carbocycles. The third-order valence-electron chi connectivity index (χ3n) is 5.03. The summed E-state index contributed by atoms with van der Waals surface area (Å²) in [7, 11) is 0. The highest BCUT2D eigenvalue weighted by Gasteiger charge is 2.22.